The topological polar surface area (TPSA) is 194 Å². The van der Waals surface area contributed by atoms with Crippen LogP contribution >= 0.6 is 0 Å². The van der Waals surface area contributed by atoms with Gasteiger partial charge in [-0.05, 0) is 103 Å². The van der Waals surface area contributed by atoms with Gasteiger partial charge in [0, 0.05) is 55.8 Å². The Bertz CT molecular complexity index is 2620. The van der Waals surface area contributed by atoms with Crippen molar-refractivity contribution in [1.82, 2.24) is 25.4 Å². The summed E-state index contributed by atoms with van der Waals surface area (Å²) >= 11 is 0. The van der Waals surface area contributed by atoms with E-state index in [0.717, 1.165) is 38.0 Å². The van der Waals surface area contributed by atoms with Crippen LogP contribution in [0.2, 0.25) is 0 Å². The van der Waals surface area contributed by atoms with Crippen molar-refractivity contribution >= 4 is 28.7 Å². The minimum atomic E-state index is -2.12. The normalized spacial score (nSPS) is 14.5. The van der Waals surface area contributed by atoms with Gasteiger partial charge < -0.3 is 45.3 Å². The van der Waals surface area contributed by atoms with Gasteiger partial charge in [0.2, 0.25) is 11.2 Å². The lowest BCUT2D eigenvalue weighted by atomic mass is 9.86. The van der Waals surface area contributed by atoms with Crippen LogP contribution in [-0.2, 0) is 32.9 Å². The molecule has 1 aromatic heterocycles. The molecule has 6 aromatic rings. The van der Waals surface area contributed by atoms with Crippen LogP contribution in [0.4, 0.5) is 0 Å². The van der Waals surface area contributed by atoms with Crippen LogP contribution in [0.1, 0.15) is 57.1 Å². The van der Waals surface area contributed by atoms with E-state index in [2.05, 4.69) is 32.7 Å². The van der Waals surface area contributed by atoms with Crippen molar-refractivity contribution < 1.29 is 39.2 Å². The summed E-state index contributed by atoms with van der Waals surface area (Å²) in [6.45, 7) is 3.80. The van der Waals surface area contributed by atoms with Gasteiger partial charge in [-0.15, -0.1) is 0 Å². The zero-order valence-corrected chi connectivity index (χ0v) is 37.0. The Hall–Kier alpha value is -6.84. The van der Waals surface area contributed by atoms with Gasteiger partial charge in [0.25, 0.3) is 11.8 Å². The van der Waals surface area contributed by atoms with E-state index < -0.39 is 17.7 Å². The zero-order chi connectivity index (χ0) is 46.5. The van der Waals surface area contributed by atoms with Crippen molar-refractivity contribution in [2.75, 3.05) is 59.5 Å². The Morgan fingerprint density at radius 3 is 2.30 bits per heavy atom. The summed E-state index contributed by atoms with van der Waals surface area (Å²) in [5.41, 5.74) is 1.72. The molecule has 7 rings (SSSR count). The van der Waals surface area contributed by atoms with Crippen molar-refractivity contribution in [3.05, 3.63) is 177 Å². The van der Waals surface area contributed by atoms with Gasteiger partial charge in [0.1, 0.15) is 11.5 Å². The van der Waals surface area contributed by atoms with E-state index in [1.807, 2.05) is 30.3 Å². The number of hydrogen-bond acceptors (Lipinski definition) is 11. The monoisotopic (exact) mass is 895 g/mol. The first-order valence-electron chi connectivity index (χ1n) is 22.3. The Morgan fingerprint density at radius 2 is 1.56 bits per heavy atom. The van der Waals surface area contributed by atoms with E-state index in [0.29, 0.717) is 35.0 Å². The summed E-state index contributed by atoms with van der Waals surface area (Å²) in [4.78, 5) is 58.0. The number of rotatable bonds is 20. The number of piperidine rings is 1. The number of aliphatic hydroxyl groups excluding tert-OH is 1. The lowest BCUT2D eigenvalue weighted by molar-refractivity contribution is -0.164. The maximum absolute atomic E-state index is 13.8. The molecule has 2 heterocycles. The highest BCUT2D eigenvalue weighted by Crippen LogP contribution is 2.34. The van der Waals surface area contributed by atoms with Crippen molar-refractivity contribution in [3.8, 4) is 11.5 Å². The highest BCUT2D eigenvalue weighted by atomic mass is 16.5. The first kappa shape index (κ1) is 47.1. The molecule has 1 fully saturated rings. The third-order valence-electron chi connectivity index (χ3n) is 12.1. The smallest absolute Gasteiger partial charge is 0.347 e. The Morgan fingerprint density at radius 1 is 0.848 bits per heavy atom. The predicted octanol–water partition coefficient (Wildman–Crippen LogP) is 5.06. The molecule has 0 bridgehead atoms. The van der Waals surface area contributed by atoms with Crippen LogP contribution in [0.5, 0.6) is 11.5 Å². The summed E-state index contributed by atoms with van der Waals surface area (Å²) in [5.74, 6) is -1.01. The number of carbonyl (C=O) groups excluding carboxylic acids is 3. The van der Waals surface area contributed by atoms with Gasteiger partial charge in [-0.1, -0.05) is 91.0 Å². The average molecular weight is 896 g/mol. The van der Waals surface area contributed by atoms with Crippen molar-refractivity contribution in [2.24, 2.45) is 5.92 Å². The van der Waals surface area contributed by atoms with Crippen LogP contribution in [0.15, 0.2) is 138 Å². The number of amides is 2. The molecule has 66 heavy (non-hydrogen) atoms. The number of aliphatic hydroxyl groups is 2. The highest BCUT2D eigenvalue weighted by molar-refractivity contribution is 5.94. The van der Waals surface area contributed by atoms with Crippen LogP contribution in [0.25, 0.3) is 10.9 Å². The van der Waals surface area contributed by atoms with Crippen LogP contribution < -0.4 is 20.9 Å². The van der Waals surface area contributed by atoms with Gasteiger partial charge in [-0.3, -0.25) is 19.3 Å². The van der Waals surface area contributed by atoms with Crippen LogP contribution in [0, 0.1) is 5.92 Å². The van der Waals surface area contributed by atoms with E-state index in [1.165, 1.54) is 22.6 Å². The number of carbonyl (C=O) groups is 3. The molecule has 0 saturated carbocycles. The average Bonchev–Trinajstić information content (AvgIpc) is 3.35. The summed E-state index contributed by atoms with van der Waals surface area (Å²) in [5, 5.41) is 39.7. The van der Waals surface area contributed by atoms with E-state index in [9.17, 15) is 34.5 Å². The standard InChI is InChI=1S/C52H57N5O9/c1-56(30-27-54-50(62)39-17-15-36(16-18-39)23-26-53-32-46(59)43-19-21-45(58)49-44(43)20-22-47(60)55-49)48(61)35-65-42-14-8-13-41(31-42)52(64,40-11-6-3-7-12-40)51(63)66-34-38-24-28-57(29-25-38)33-37-9-4-2-5-10-37/h2-22,31,38,46,53,58-59,64H,23-30,32-35H2,1H3,(H,54,62)(H,55,60)/t46-,52-/m0/s1. The molecule has 0 aliphatic carbocycles. The minimum absolute atomic E-state index is 0.0675. The van der Waals surface area contributed by atoms with E-state index in [-0.39, 0.29) is 78.7 Å². The Kier molecular flexibility index (Phi) is 16.0. The number of aromatic nitrogens is 1. The fourth-order valence-corrected chi connectivity index (χ4v) is 8.12. The first-order valence-corrected chi connectivity index (χ1v) is 22.3. The number of benzene rings is 5. The number of H-pyrrole nitrogens is 1. The van der Waals surface area contributed by atoms with Crippen LogP contribution in [0.3, 0.4) is 0 Å². The number of esters is 1. The molecule has 0 unspecified atom stereocenters. The third-order valence-corrected chi connectivity index (χ3v) is 12.1. The molecule has 5 aromatic carbocycles. The number of nitrogens with zero attached hydrogens (tertiary/aromatic N) is 2. The second-order valence-electron chi connectivity index (χ2n) is 16.7. The van der Waals surface area contributed by atoms with Crippen LogP contribution in [-0.4, -0.2) is 107 Å². The second-order valence-corrected chi connectivity index (χ2v) is 16.7. The van der Waals surface area contributed by atoms with Gasteiger partial charge in [0.05, 0.1) is 18.2 Å². The van der Waals surface area contributed by atoms with Crippen molar-refractivity contribution in [2.45, 2.75) is 37.5 Å². The number of phenolic OH excluding ortho intramolecular Hbond substituents is 1. The maximum Gasteiger partial charge on any atom is 0.347 e. The Labute approximate surface area is 383 Å². The number of likely N-dealkylation sites (N-methyl/N-ethyl adjacent to an activating group) is 1. The van der Waals surface area contributed by atoms with Crippen molar-refractivity contribution in [1.29, 1.82) is 0 Å². The molecule has 1 saturated heterocycles. The Balaban J connectivity index is 0.836. The molecule has 6 N–H and O–H groups in total. The summed E-state index contributed by atoms with van der Waals surface area (Å²) in [7, 11) is 1.61. The number of nitrogens with one attached hydrogen (secondary N) is 3. The lowest BCUT2D eigenvalue weighted by Crippen LogP contribution is -2.40. The fraction of sp³-hybridized carbons (Fsp3) is 0.308. The largest absolute Gasteiger partial charge is 0.506 e. The molecule has 0 radical (unpaired) electrons. The molecule has 14 nitrogen and oxygen atoms in total. The SMILES string of the molecule is CN(CCNC(=O)c1ccc(CCNC[C@H](O)c2ccc(O)c3[nH]c(=O)ccc23)cc1)C(=O)COc1cccc([C@](O)(C(=O)OCC2CCN(Cc3ccccc3)CC2)c2ccccc2)c1. The number of aromatic hydroxyl groups is 1. The van der Waals surface area contributed by atoms with Gasteiger partial charge in [-0.2, -0.15) is 0 Å². The number of likely N-dealkylation sites (tertiary alicyclic amines) is 1. The molecule has 14 heteroatoms. The predicted molar refractivity (Wildman–Crippen MR) is 251 cm³/mol. The molecule has 1 aliphatic heterocycles. The maximum atomic E-state index is 13.8. The zero-order valence-electron chi connectivity index (χ0n) is 37.0. The molecular weight excluding hydrogens is 839 g/mol. The van der Waals surface area contributed by atoms with E-state index in [1.54, 1.807) is 85.9 Å². The van der Waals surface area contributed by atoms with E-state index >= 15 is 0 Å². The lowest BCUT2D eigenvalue weighted by Gasteiger charge is -2.33. The number of aromatic amines is 1. The fourth-order valence-electron chi connectivity index (χ4n) is 8.12. The summed E-state index contributed by atoms with van der Waals surface area (Å²) in [6, 6.07) is 38.7. The van der Waals surface area contributed by atoms with Crippen molar-refractivity contribution in [3.63, 3.8) is 0 Å². The van der Waals surface area contributed by atoms with E-state index in [4.69, 9.17) is 9.47 Å². The number of ether oxygens (including phenoxy) is 2. The van der Waals surface area contributed by atoms with Gasteiger partial charge in [0.15, 0.2) is 6.61 Å². The highest BCUT2D eigenvalue weighted by Gasteiger charge is 2.42. The second kappa shape index (κ2) is 22.4. The molecule has 0 spiro atoms. The van der Waals surface area contributed by atoms with Gasteiger partial charge >= 0.3 is 5.97 Å². The molecule has 1 aliphatic rings. The number of pyridine rings is 1. The number of hydrogen-bond donors (Lipinski definition) is 6. The summed E-state index contributed by atoms with van der Waals surface area (Å²) < 4.78 is 11.7. The molecule has 344 valence electrons. The molecular formula is C52H57N5O9. The third kappa shape index (κ3) is 12.1. The molecule has 2 amide bonds. The first-order chi connectivity index (χ1) is 32.0. The number of fused-ring (bicyclic) bond motifs is 1. The molecule has 2 atom stereocenters. The summed E-state index contributed by atoms with van der Waals surface area (Å²) in [6.07, 6.45) is 1.53. The quantitative estimate of drug-likeness (QED) is 0.0444. The van der Waals surface area contributed by atoms with Gasteiger partial charge in [-0.25, -0.2) is 4.79 Å². The number of phenols is 1. The minimum Gasteiger partial charge on any atom is -0.506 e.